The second-order valence-corrected chi connectivity index (χ2v) is 4.04. The predicted molar refractivity (Wildman–Crippen MR) is 70.2 cm³/mol. The maximum atomic E-state index is 12.1. The molecule has 0 saturated carbocycles. The normalized spacial score (nSPS) is 10.2. The summed E-state index contributed by atoms with van der Waals surface area (Å²) in [4.78, 5) is 13.7. The molecule has 0 unspecified atom stereocenters. The Labute approximate surface area is 107 Å². The van der Waals surface area contributed by atoms with E-state index in [9.17, 15) is 9.90 Å². The number of carbonyl (C=O) groups is 1. The van der Waals surface area contributed by atoms with Crippen LogP contribution in [-0.4, -0.2) is 50.2 Å². The van der Waals surface area contributed by atoms with Gasteiger partial charge in [0.2, 0.25) is 0 Å². The molecular formula is C13H20N2O3. The Morgan fingerprint density at radius 3 is 2.83 bits per heavy atom. The summed E-state index contributed by atoms with van der Waals surface area (Å²) < 4.78 is 4.98. The standard InChI is InChI=1S/C13H20N2O3/c1-14-8-5-9-15(2)13(17)10-6-4-7-11(18-3)12(10)16/h4,6-7,14,16H,5,8-9H2,1-3H3. The topological polar surface area (TPSA) is 61.8 Å². The van der Waals surface area contributed by atoms with Crippen molar-refractivity contribution in [2.45, 2.75) is 6.42 Å². The quantitative estimate of drug-likeness (QED) is 0.744. The van der Waals surface area contributed by atoms with E-state index in [-0.39, 0.29) is 17.2 Å². The minimum atomic E-state index is -0.206. The van der Waals surface area contributed by atoms with E-state index in [4.69, 9.17) is 4.74 Å². The van der Waals surface area contributed by atoms with Gasteiger partial charge >= 0.3 is 0 Å². The summed E-state index contributed by atoms with van der Waals surface area (Å²) in [6.07, 6.45) is 0.865. The van der Waals surface area contributed by atoms with Gasteiger partial charge in [-0.25, -0.2) is 0 Å². The molecule has 1 rings (SSSR count). The van der Waals surface area contributed by atoms with Gasteiger partial charge in [0, 0.05) is 13.6 Å². The number of hydrogen-bond donors (Lipinski definition) is 2. The summed E-state index contributed by atoms with van der Waals surface area (Å²) in [5, 5.41) is 12.9. The number of benzene rings is 1. The molecule has 1 aromatic rings. The second kappa shape index (κ2) is 6.86. The summed E-state index contributed by atoms with van der Waals surface area (Å²) in [5.74, 6) is -0.00237. The third kappa shape index (κ3) is 3.37. The van der Waals surface area contributed by atoms with Crippen LogP contribution in [0.2, 0.25) is 0 Å². The molecule has 0 saturated heterocycles. The van der Waals surface area contributed by atoms with Crippen LogP contribution in [0.4, 0.5) is 0 Å². The minimum absolute atomic E-state index is 0.106. The van der Waals surface area contributed by atoms with Crippen molar-refractivity contribution in [2.24, 2.45) is 0 Å². The number of phenolic OH excluding ortho intramolecular Hbond substituents is 1. The number of carbonyl (C=O) groups excluding carboxylic acids is 1. The van der Waals surface area contributed by atoms with Crippen molar-refractivity contribution >= 4 is 5.91 Å². The lowest BCUT2D eigenvalue weighted by atomic mass is 10.1. The lowest BCUT2D eigenvalue weighted by Gasteiger charge is -2.18. The molecule has 0 aliphatic heterocycles. The first-order chi connectivity index (χ1) is 8.61. The Kier molecular flexibility index (Phi) is 5.45. The van der Waals surface area contributed by atoms with Crippen LogP contribution in [0, 0.1) is 0 Å². The van der Waals surface area contributed by atoms with E-state index in [1.165, 1.54) is 7.11 Å². The molecule has 1 aromatic carbocycles. The molecule has 0 radical (unpaired) electrons. The Balaban J connectivity index is 2.77. The number of nitrogens with zero attached hydrogens (tertiary/aromatic N) is 1. The molecule has 0 spiro atoms. The van der Waals surface area contributed by atoms with Crippen LogP contribution >= 0.6 is 0 Å². The van der Waals surface area contributed by atoms with Gasteiger partial charge in [0.1, 0.15) is 0 Å². The summed E-state index contributed by atoms with van der Waals surface area (Å²) in [5.41, 5.74) is 0.265. The first-order valence-corrected chi connectivity index (χ1v) is 5.87. The Morgan fingerprint density at radius 1 is 1.50 bits per heavy atom. The number of aromatic hydroxyl groups is 1. The highest BCUT2D eigenvalue weighted by molar-refractivity contribution is 5.97. The SMILES string of the molecule is CNCCCN(C)C(=O)c1cccc(OC)c1O. The number of phenols is 1. The van der Waals surface area contributed by atoms with E-state index < -0.39 is 0 Å². The third-order valence-electron chi connectivity index (χ3n) is 2.72. The van der Waals surface area contributed by atoms with E-state index in [0.717, 1.165) is 13.0 Å². The highest BCUT2D eigenvalue weighted by atomic mass is 16.5. The van der Waals surface area contributed by atoms with Gasteiger partial charge in [-0.05, 0) is 32.1 Å². The molecule has 0 aromatic heterocycles. The molecule has 0 aliphatic carbocycles. The summed E-state index contributed by atoms with van der Waals surface area (Å²) in [6, 6.07) is 4.90. The molecule has 1 amide bonds. The van der Waals surface area contributed by atoms with Crippen molar-refractivity contribution in [2.75, 3.05) is 34.3 Å². The molecule has 0 bridgehead atoms. The van der Waals surface area contributed by atoms with Crippen LogP contribution in [0.3, 0.4) is 0 Å². The summed E-state index contributed by atoms with van der Waals surface area (Å²) >= 11 is 0. The number of ether oxygens (including phenoxy) is 1. The highest BCUT2D eigenvalue weighted by Crippen LogP contribution is 2.29. The molecule has 100 valence electrons. The first kappa shape index (κ1) is 14.3. The largest absolute Gasteiger partial charge is 0.504 e. The van der Waals surface area contributed by atoms with Crippen LogP contribution < -0.4 is 10.1 Å². The second-order valence-electron chi connectivity index (χ2n) is 4.04. The van der Waals surface area contributed by atoms with Gasteiger partial charge in [-0.3, -0.25) is 4.79 Å². The fraction of sp³-hybridized carbons (Fsp3) is 0.462. The van der Waals surface area contributed by atoms with Crippen molar-refractivity contribution < 1.29 is 14.6 Å². The summed E-state index contributed by atoms with van der Waals surface area (Å²) in [6.45, 7) is 1.48. The van der Waals surface area contributed by atoms with Crippen LogP contribution in [0.15, 0.2) is 18.2 Å². The van der Waals surface area contributed by atoms with Gasteiger partial charge in [0.15, 0.2) is 11.5 Å². The lowest BCUT2D eigenvalue weighted by molar-refractivity contribution is 0.0790. The van der Waals surface area contributed by atoms with E-state index >= 15 is 0 Å². The zero-order valence-corrected chi connectivity index (χ0v) is 11.1. The number of amides is 1. The number of methoxy groups -OCH3 is 1. The predicted octanol–water partition coefficient (Wildman–Crippen LogP) is 1.08. The van der Waals surface area contributed by atoms with Crippen LogP contribution in [0.5, 0.6) is 11.5 Å². The van der Waals surface area contributed by atoms with Gasteiger partial charge < -0.3 is 20.1 Å². The van der Waals surface area contributed by atoms with Gasteiger partial charge in [-0.2, -0.15) is 0 Å². The van der Waals surface area contributed by atoms with Gasteiger partial charge in [0.25, 0.3) is 5.91 Å². The van der Waals surface area contributed by atoms with Gasteiger partial charge in [-0.1, -0.05) is 6.07 Å². The molecule has 2 N–H and O–H groups in total. The molecule has 0 fully saturated rings. The van der Waals surface area contributed by atoms with Crippen molar-refractivity contribution in [3.8, 4) is 11.5 Å². The van der Waals surface area contributed by atoms with Crippen molar-refractivity contribution in [3.63, 3.8) is 0 Å². The zero-order chi connectivity index (χ0) is 13.5. The number of para-hydroxylation sites is 1. The van der Waals surface area contributed by atoms with E-state index in [1.807, 2.05) is 7.05 Å². The number of nitrogens with one attached hydrogen (secondary N) is 1. The fourth-order valence-electron chi connectivity index (χ4n) is 1.66. The molecule has 18 heavy (non-hydrogen) atoms. The van der Waals surface area contributed by atoms with Gasteiger partial charge in [-0.15, -0.1) is 0 Å². The molecule has 0 atom stereocenters. The van der Waals surface area contributed by atoms with Crippen molar-refractivity contribution in [3.05, 3.63) is 23.8 Å². The lowest BCUT2D eigenvalue weighted by Crippen LogP contribution is -2.29. The highest BCUT2D eigenvalue weighted by Gasteiger charge is 2.17. The average Bonchev–Trinajstić information content (AvgIpc) is 2.38. The monoisotopic (exact) mass is 252 g/mol. The molecule has 5 nitrogen and oxygen atoms in total. The maximum Gasteiger partial charge on any atom is 0.257 e. The maximum absolute atomic E-state index is 12.1. The third-order valence-corrected chi connectivity index (χ3v) is 2.72. The Morgan fingerprint density at radius 2 is 2.22 bits per heavy atom. The van der Waals surface area contributed by atoms with E-state index in [0.29, 0.717) is 12.3 Å². The summed E-state index contributed by atoms with van der Waals surface area (Å²) in [7, 11) is 5.05. The molecule has 5 heteroatoms. The minimum Gasteiger partial charge on any atom is -0.504 e. The van der Waals surface area contributed by atoms with E-state index in [2.05, 4.69) is 5.32 Å². The first-order valence-electron chi connectivity index (χ1n) is 5.87. The fourth-order valence-corrected chi connectivity index (χ4v) is 1.66. The van der Waals surface area contributed by atoms with Crippen molar-refractivity contribution in [1.82, 2.24) is 10.2 Å². The molecule has 0 heterocycles. The van der Waals surface area contributed by atoms with Crippen LogP contribution in [0.25, 0.3) is 0 Å². The Hall–Kier alpha value is -1.75. The zero-order valence-electron chi connectivity index (χ0n) is 11.1. The van der Waals surface area contributed by atoms with E-state index in [1.54, 1.807) is 30.1 Å². The average molecular weight is 252 g/mol. The van der Waals surface area contributed by atoms with Gasteiger partial charge in [0.05, 0.1) is 12.7 Å². The number of hydrogen-bond acceptors (Lipinski definition) is 4. The number of rotatable bonds is 6. The van der Waals surface area contributed by atoms with Crippen LogP contribution in [-0.2, 0) is 0 Å². The van der Waals surface area contributed by atoms with Crippen LogP contribution in [0.1, 0.15) is 16.8 Å². The molecule has 0 aliphatic rings. The smallest absolute Gasteiger partial charge is 0.257 e. The Bertz CT molecular complexity index is 407. The van der Waals surface area contributed by atoms with Crippen molar-refractivity contribution in [1.29, 1.82) is 0 Å². The molecular weight excluding hydrogens is 232 g/mol.